The Labute approximate surface area is 135 Å². The highest BCUT2D eigenvalue weighted by Gasteiger charge is 2.53. The summed E-state index contributed by atoms with van der Waals surface area (Å²) in [5.41, 5.74) is 1.07. The molecular formula is C15H16F3NO3S. The first-order valence-electron chi connectivity index (χ1n) is 6.95. The third-order valence-corrected chi connectivity index (χ3v) is 4.79. The van der Waals surface area contributed by atoms with E-state index >= 15 is 0 Å². The Morgan fingerprint density at radius 2 is 1.87 bits per heavy atom. The summed E-state index contributed by atoms with van der Waals surface area (Å²) < 4.78 is 38.7. The third-order valence-electron chi connectivity index (χ3n) is 3.79. The van der Waals surface area contributed by atoms with Crippen LogP contribution in [0.2, 0.25) is 0 Å². The maximum Gasteiger partial charge on any atom is 0.394 e. The smallest absolute Gasteiger partial charge is 0.394 e. The molecule has 8 heteroatoms. The maximum absolute atomic E-state index is 12.9. The van der Waals surface area contributed by atoms with Crippen molar-refractivity contribution in [3.05, 3.63) is 29.8 Å². The van der Waals surface area contributed by atoms with Gasteiger partial charge in [-0.25, -0.2) is 0 Å². The lowest BCUT2D eigenvalue weighted by Crippen LogP contribution is -2.34. The zero-order chi connectivity index (χ0) is 17.2. The zero-order valence-electron chi connectivity index (χ0n) is 12.3. The molecule has 0 aromatic heterocycles. The van der Waals surface area contributed by atoms with Gasteiger partial charge in [0.2, 0.25) is 5.91 Å². The van der Waals surface area contributed by atoms with Crippen molar-refractivity contribution in [3.63, 3.8) is 0 Å². The Kier molecular flexibility index (Phi) is 5.23. The molecule has 1 fully saturated rings. The van der Waals surface area contributed by atoms with E-state index in [0.29, 0.717) is 0 Å². The lowest BCUT2D eigenvalue weighted by molar-refractivity contribution is -0.188. The molecule has 0 bridgehead atoms. The van der Waals surface area contributed by atoms with Gasteiger partial charge in [-0.3, -0.25) is 9.59 Å². The summed E-state index contributed by atoms with van der Waals surface area (Å²) in [6, 6.07) is 7.41. The van der Waals surface area contributed by atoms with Crippen LogP contribution in [-0.4, -0.2) is 46.9 Å². The molecule has 1 aliphatic heterocycles. The van der Waals surface area contributed by atoms with E-state index in [-0.39, 0.29) is 5.75 Å². The van der Waals surface area contributed by atoms with Gasteiger partial charge in [0, 0.05) is 18.0 Å². The molecule has 126 valence electrons. The second kappa shape index (κ2) is 6.82. The van der Waals surface area contributed by atoms with Crippen molar-refractivity contribution in [2.24, 2.45) is 11.8 Å². The number of carboxylic acids is 1. The van der Waals surface area contributed by atoms with E-state index in [1.807, 2.05) is 31.2 Å². The van der Waals surface area contributed by atoms with E-state index in [1.165, 1.54) is 11.8 Å². The van der Waals surface area contributed by atoms with Crippen LogP contribution in [-0.2, 0) is 9.59 Å². The summed E-state index contributed by atoms with van der Waals surface area (Å²) in [4.78, 5) is 24.9. The summed E-state index contributed by atoms with van der Waals surface area (Å²) in [7, 11) is 0. The molecule has 0 aliphatic carbocycles. The Morgan fingerprint density at radius 1 is 1.26 bits per heavy atom. The summed E-state index contributed by atoms with van der Waals surface area (Å²) in [5.74, 6) is -5.61. The van der Waals surface area contributed by atoms with Gasteiger partial charge < -0.3 is 10.0 Å². The van der Waals surface area contributed by atoms with Crippen molar-refractivity contribution >= 4 is 23.6 Å². The predicted molar refractivity (Wildman–Crippen MR) is 79.2 cm³/mol. The number of aliphatic carboxylic acids is 1. The summed E-state index contributed by atoms with van der Waals surface area (Å²) in [5, 5.41) is 8.94. The van der Waals surface area contributed by atoms with E-state index in [0.717, 1.165) is 15.4 Å². The number of hydrogen-bond donors (Lipinski definition) is 1. The molecule has 4 nitrogen and oxygen atoms in total. The Morgan fingerprint density at radius 3 is 2.35 bits per heavy atom. The second-order valence-corrected chi connectivity index (χ2v) is 6.54. The largest absolute Gasteiger partial charge is 0.481 e. The minimum atomic E-state index is -4.62. The first-order chi connectivity index (χ1) is 10.7. The molecule has 23 heavy (non-hydrogen) atoms. The summed E-state index contributed by atoms with van der Waals surface area (Å²) >= 11 is 1.22. The molecule has 1 saturated heterocycles. The number of nitrogens with zero attached hydrogens (tertiary/aromatic N) is 1. The number of alkyl halides is 3. The van der Waals surface area contributed by atoms with Gasteiger partial charge in [-0.2, -0.15) is 13.2 Å². The molecule has 2 atom stereocenters. The van der Waals surface area contributed by atoms with E-state index in [9.17, 15) is 22.8 Å². The fraction of sp³-hybridized carbons (Fsp3) is 0.467. The average Bonchev–Trinajstić information content (AvgIpc) is 2.92. The Hall–Kier alpha value is -1.70. The first kappa shape index (κ1) is 17.7. The minimum Gasteiger partial charge on any atom is -0.481 e. The molecule has 2 rings (SSSR count). The number of amides is 1. The van der Waals surface area contributed by atoms with Crippen LogP contribution in [0.25, 0.3) is 0 Å². The van der Waals surface area contributed by atoms with Gasteiger partial charge in [-0.1, -0.05) is 17.7 Å². The lowest BCUT2D eigenvalue weighted by Gasteiger charge is -2.18. The predicted octanol–water partition coefficient (Wildman–Crippen LogP) is 2.81. The number of rotatable bonds is 4. The number of carbonyl (C=O) groups excluding carboxylic acids is 1. The number of carbonyl (C=O) groups is 2. The quantitative estimate of drug-likeness (QED) is 0.851. The first-order valence-corrected chi connectivity index (χ1v) is 7.94. The van der Waals surface area contributed by atoms with Gasteiger partial charge in [-0.15, -0.1) is 11.8 Å². The lowest BCUT2D eigenvalue weighted by atomic mass is 9.96. The summed E-state index contributed by atoms with van der Waals surface area (Å²) in [6.45, 7) is 0.938. The molecule has 1 aliphatic rings. The Bertz CT molecular complexity index is 589. The van der Waals surface area contributed by atoms with Crippen LogP contribution in [0.1, 0.15) is 5.56 Å². The van der Waals surface area contributed by atoms with Gasteiger partial charge in [0.25, 0.3) is 0 Å². The van der Waals surface area contributed by atoms with Crippen molar-refractivity contribution in [1.29, 1.82) is 0 Å². The van der Waals surface area contributed by atoms with Crippen LogP contribution >= 0.6 is 11.8 Å². The third kappa shape index (κ3) is 4.40. The molecule has 0 radical (unpaired) electrons. The average molecular weight is 347 g/mol. The molecule has 1 heterocycles. The van der Waals surface area contributed by atoms with Crippen LogP contribution in [0.3, 0.4) is 0 Å². The van der Waals surface area contributed by atoms with Crippen molar-refractivity contribution in [2.45, 2.75) is 18.0 Å². The van der Waals surface area contributed by atoms with Gasteiger partial charge in [-0.05, 0) is 19.1 Å². The fourth-order valence-electron chi connectivity index (χ4n) is 2.46. The van der Waals surface area contributed by atoms with Crippen molar-refractivity contribution in [1.82, 2.24) is 4.90 Å². The van der Waals surface area contributed by atoms with Crippen molar-refractivity contribution in [3.8, 4) is 0 Å². The minimum absolute atomic E-state index is 0.0139. The zero-order valence-corrected chi connectivity index (χ0v) is 13.2. The van der Waals surface area contributed by atoms with Crippen LogP contribution in [0, 0.1) is 18.8 Å². The second-order valence-electron chi connectivity index (χ2n) is 5.49. The number of aryl methyl sites for hydroxylation is 1. The summed E-state index contributed by atoms with van der Waals surface area (Å²) in [6.07, 6.45) is -4.62. The van der Waals surface area contributed by atoms with Gasteiger partial charge >= 0.3 is 12.1 Å². The highest BCUT2D eigenvalue weighted by molar-refractivity contribution is 8.00. The van der Waals surface area contributed by atoms with E-state index in [2.05, 4.69) is 0 Å². The van der Waals surface area contributed by atoms with E-state index in [1.54, 1.807) is 0 Å². The molecular weight excluding hydrogens is 331 g/mol. The molecule has 1 aromatic rings. The van der Waals surface area contributed by atoms with E-state index in [4.69, 9.17) is 5.11 Å². The number of hydrogen-bond acceptors (Lipinski definition) is 3. The maximum atomic E-state index is 12.9. The molecule has 1 amide bonds. The highest BCUT2D eigenvalue weighted by atomic mass is 32.2. The van der Waals surface area contributed by atoms with Crippen molar-refractivity contribution in [2.75, 3.05) is 18.8 Å². The molecule has 1 aromatic carbocycles. The number of benzene rings is 1. The Balaban J connectivity index is 1.97. The van der Waals surface area contributed by atoms with Gasteiger partial charge in [0.1, 0.15) is 0 Å². The molecule has 0 unspecified atom stereocenters. The topological polar surface area (TPSA) is 57.6 Å². The van der Waals surface area contributed by atoms with Crippen LogP contribution in [0.15, 0.2) is 29.2 Å². The number of thioether (sulfide) groups is 1. The molecule has 0 saturated carbocycles. The van der Waals surface area contributed by atoms with E-state index < -0.39 is 43.0 Å². The monoisotopic (exact) mass is 347 g/mol. The van der Waals surface area contributed by atoms with Gasteiger partial charge in [0.05, 0.1) is 17.6 Å². The van der Waals surface area contributed by atoms with Gasteiger partial charge in [0.15, 0.2) is 0 Å². The SMILES string of the molecule is Cc1ccc(SCC(=O)N2C[C@@H](C(F)(F)F)[C@H](C(=O)O)C2)cc1. The normalized spacial score (nSPS) is 21.5. The molecule has 0 spiro atoms. The number of halogens is 3. The van der Waals surface area contributed by atoms with Crippen LogP contribution < -0.4 is 0 Å². The standard InChI is InChI=1S/C15H16F3NO3S/c1-9-2-4-10(5-3-9)23-8-13(20)19-6-11(14(21)22)12(7-19)15(16,17)18/h2-5,11-12H,6-8H2,1H3,(H,21,22)/t11-,12-/m1/s1. The van der Waals surface area contributed by atoms with Crippen LogP contribution in [0.5, 0.6) is 0 Å². The fourth-order valence-corrected chi connectivity index (χ4v) is 3.26. The highest BCUT2D eigenvalue weighted by Crippen LogP contribution is 2.38. The number of carboxylic acid groups (broad SMARTS) is 1. The van der Waals surface area contributed by atoms with Crippen molar-refractivity contribution < 1.29 is 27.9 Å². The van der Waals surface area contributed by atoms with Crippen LogP contribution in [0.4, 0.5) is 13.2 Å². The number of likely N-dealkylation sites (tertiary alicyclic amines) is 1. The molecule has 1 N–H and O–H groups in total.